The van der Waals surface area contributed by atoms with Crippen LogP contribution in [0.4, 0.5) is 5.82 Å². The fourth-order valence-corrected chi connectivity index (χ4v) is 4.04. The molecule has 9 heteroatoms. The molecule has 0 spiro atoms. The average molecular weight is 447 g/mol. The van der Waals surface area contributed by atoms with Crippen molar-refractivity contribution in [1.82, 2.24) is 14.5 Å². The Labute approximate surface area is 181 Å². The van der Waals surface area contributed by atoms with Crippen molar-refractivity contribution in [3.8, 4) is 0 Å². The van der Waals surface area contributed by atoms with Gasteiger partial charge in [-0.05, 0) is 54.8 Å². The van der Waals surface area contributed by atoms with Crippen LogP contribution in [0.25, 0.3) is 0 Å². The summed E-state index contributed by atoms with van der Waals surface area (Å²) in [5.41, 5.74) is 2.90. The number of hydrogen-bond acceptors (Lipinski definition) is 4. The van der Waals surface area contributed by atoms with E-state index in [2.05, 4.69) is 15.1 Å². The number of aromatic nitrogens is 2. The third-order valence-electron chi connectivity index (χ3n) is 4.66. The van der Waals surface area contributed by atoms with E-state index < -0.39 is 10.0 Å². The highest BCUT2D eigenvalue weighted by atomic mass is 35.5. The number of hydrogen-bond donors (Lipinski definition) is 2. The van der Waals surface area contributed by atoms with Gasteiger partial charge in [0.15, 0.2) is 0 Å². The predicted molar refractivity (Wildman–Crippen MR) is 117 cm³/mol. The van der Waals surface area contributed by atoms with Gasteiger partial charge in [0.05, 0.1) is 17.6 Å². The van der Waals surface area contributed by atoms with E-state index in [-0.39, 0.29) is 23.8 Å². The minimum Gasteiger partial charge on any atom is -0.311 e. The van der Waals surface area contributed by atoms with Crippen LogP contribution >= 0.6 is 11.6 Å². The molecule has 30 heavy (non-hydrogen) atoms. The molecule has 1 amide bonds. The van der Waals surface area contributed by atoms with E-state index in [0.29, 0.717) is 17.4 Å². The van der Waals surface area contributed by atoms with Crippen LogP contribution in [-0.4, -0.2) is 30.7 Å². The van der Waals surface area contributed by atoms with Crippen LogP contribution in [0.3, 0.4) is 0 Å². The number of nitrogens with zero attached hydrogens (tertiary/aromatic N) is 2. The maximum atomic E-state index is 12.4. The van der Waals surface area contributed by atoms with E-state index in [1.54, 1.807) is 47.3 Å². The molecule has 0 aliphatic rings. The maximum Gasteiger partial charge on any atom is 0.240 e. The van der Waals surface area contributed by atoms with Gasteiger partial charge in [0.2, 0.25) is 15.9 Å². The number of carbonyl (C=O) groups is 1. The van der Waals surface area contributed by atoms with E-state index >= 15 is 0 Å². The van der Waals surface area contributed by atoms with Crippen LogP contribution in [-0.2, 0) is 21.4 Å². The largest absolute Gasteiger partial charge is 0.311 e. The highest BCUT2D eigenvalue weighted by molar-refractivity contribution is 7.89. The number of amides is 1. The van der Waals surface area contributed by atoms with Crippen molar-refractivity contribution >= 4 is 33.3 Å². The first-order valence-electron chi connectivity index (χ1n) is 9.37. The Morgan fingerprint density at radius 2 is 1.80 bits per heavy atom. The molecule has 0 atom stereocenters. The van der Waals surface area contributed by atoms with Crippen molar-refractivity contribution in [2.45, 2.75) is 31.7 Å². The lowest BCUT2D eigenvalue weighted by Crippen LogP contribution is -2.28. The number of halogens is 1. The smallest absolute Gasteiger partial charge is 0.240 e. The molecule has 0 bridgehead atoms. The molecule has 158 valence electrons. The number of rotatable bonds is 8. The molecule has 0 radical (unpaired) electrons. The molecule has 0 aliphatic heterocycles. The van der Waals surface area contributed by atoms with Crippen LogP contribution in [0, 0.1) is 13.8 Å². The van der Waals surface area contributed by atoms with Gasteiger partial charge in [0.1, 0.15) is 5.82 Å². The summed E-state index contributed by atoms with van der Waals surface area (Å²) >= 11 is 5.90. The molecule has 0 aliphatic carbocycles. The van der Waals surface area contributed by atoms with Crippen molar-refractivity contribution in [2.24, 2.45) is 0 Å². The van der Waals surface area contributed by atoms with Gasteiger partial charge in [-0.3, -0.25) is 4.79 Å². The second kappa shape index (κ2) is 9.42. The zero-order valence-corrected chi connectivity index (χ0v) is 18.3. The second-order valence-corrected chi connectivity index (χ2v) is 9.15. The van der Waals surface area contributed by atoms with Gasteiger partial charge >= 0.3 is 0 Å². The number of sulfonamides is 1. The molecule has 0 unspecified atom stereocenters. The number of anilines is 1. The standard InChI is InChI=1S/C21H23ClN4O3S/c1-15-3-8-19(13-16(15)2)30(28,29)24-12-10-21(27)25-20-9-11-23-26(20)14-17-4-6-18(22)7-5-17/h3-9,11,13,24H,10,12,14H2,1-2H3,(H,25,27). The van der Waals surface area contributed by atoms with Crippen molar-refractivity contribution in [3.05, 3.63) is 76.4 Å². The lowest BCUT2D eigenvalue weighted by Gasteiger charge is -2.11. The summed E-state index contributed by atoms with van der Waals surface area (Å²) in [7, 11) is -3.67. The van der Waals surface area contributed by atoms with Crippen molar-refractivity contribution in [2.75, 3.05) is 11.9 Å². The van der Waals surface area contributed by atoms with Crippen LogP contribution in [0.2, 0.25) is 5.02 Å². The van der Waals surface area contributed by atoms with Gasteiger partial charge in [-0.25, -0.2) is 17.8 Å². The highest BCUT2D eigenvalue weighted by Gasteiger charge is 2.15. The minimum atomic E-state index is -3.67. The van der Waals surface area contributed by atoms with Gasteiger partial charge in [0.25, 0.3) is 0 Å². The van der Waals surface area contributed by atoms with E-state index in [1.807, 2.05) is 26.0 Å². The predicted octanol–water partition coefficient (Wildman–Crippen LogP) is 3.51. The van der Waals surface area contributed by atoms with Crippen LogP contribution in [0.15, 0.2) is 59.6 Å². The lowest BCUT2D eigenvalue weighted by atomic mass is 10.1. The Morgan fingerprint density at radius 3 is 2.50 bits per heavy atom. The number of benzene rings is 2. The Balaban J connectivity index is 1.54. The van der Waals surface area contributed by atoms with Crippen LogP contribution in [0.5, 0.6) is 0 Å². The topological polar surface area (TPSA) is 93.1 Å². The third-order valence-corrected chi connectivity index (χ3v) is 6.37. The Kier molecular flexibility index (Phi) is 6.91. The monoisotopic (exact) mass is 446 g/mol. The normalized spacial score (nSPS) is 11.4. The van der Waals surface area contributed by atoms with E-state index in [9.17, 15) is 13.2 Å². The zero-order valence-electron chi connectivity index (χ0n) is 16.7. The lowest BCUT2D eigenvalue weighted by molar-refractivity contribution is -0.116. The van der Waals surface area contributed by atoms with Gasteiger partial charge in [-0.15, -0.1) is 0 Å². The summed E-state index contributed by atoms with van der Waals surface area (Å²) in [6.07, 6.45) is 1.59. The Hall–Kier alpha value is -2.68. The first kappa shape index (κ1) is 22.0. The van der Waals surface area contributed by atoms with E-state index in [0.717, 1.165) is 16.7 Å². The third kappa shape index (κ3) is 5.69. The second-order valence-electron chi connectivity index (χ2n) is 6.94. The average Bonchev–Trinajstić information content (AvgIpc) is 3.12. The molecule has 0 saturated heterocycles. The fraction of sp³-hybridized carbons (Fsp3) is 0.238. The molecule has 1 heterocycles. The van der Waals surface area contributed by atoms with Crippen LogP contribution in [0.1, 0.15) is 23.1 Å². The summed E-state index contributed by atoms with van der Waals surface area (Å²) in [6, 6.07) is 14.0. The SMILES string of the molecule is Cc1ccc(S(=O)(=O)NCCC(=O)Nc2ccnn2Cc2ccc(Cl)cc2)cc1C. The summed E-state index contributed by atoms with van der Waals surface area (Å²) in [4.78, 5) is 12.5. The number of carbonyl (C=O) groups excluding carboxylic acids is 1. The molecule has 7 nitrogen and oxygen atoms in total. The fourth-order valence-electron chi connectivity index (χ4n) is 2.80. The first-order valence-corrected chi connectivity index (χ1v) is 11.2. The van der Waals surface area contributed by atoms with Gasteiger partial charge < -0.3 is 5.32 Å². The molecule has 1 aromatic heterocycles. The Morgan fingerprint density at radius 1 is 1.07 bits per heavy atom. The van der Waals surface area contributed by atoms with Crippen molar-refractivity contribution in [1.29, 1.82) is 0 Å². The number of aryl methyl sites for hydroxylation is 2. The van der Waals surface area contributed by atoms with Crippen molar-refractivity contribution < 1.29 is 13.2 Å². The van der Waals surface area contributed by atoms with Crippen molar-refractivity contribution in [3.63, 3.8) is 0 Å². The quantitative estimate of drug-likeness (QED) is 0.553. The number of nitrogens with one attached hydrogen (secondary N) is 2. The summed E-state index contributed by atoms with van der Waals surface area (Å²) in [5.74, 6) is 0.225. The molecular weight excluding hydrogens is 424 g/mol. The van der Waals surface area contributed by atoms with E-state index in [4.69, 9.17) is 11.6 Å². The molecule has 2 aromatic carbocycles. The first-order chi connectivity index (χ1) is 14.2. The summed E-state index contributed by atoms with van der Waals surface area (Å²) in [5, 5.41) is 7.63. The summed E-state index contributed by atoms with van der Waals surface area (Å²) < 4.78 is 28.9. The highest BCUT2D eigenvalue weighted by Crippen LogP contribution is 2.15. The molecule has 0 fully saturated rings. The molecule has 0 saturated carbocycles. The molecule has 2 N–H and O–H groups in total. The van der Waals surface area contributed by atoms with Gasteiger partial charge in [0, 0.05) is 24.1 Å². The van der Waals surface area contributed by atoms with E-state index in [1.165, 1.54) is 0 Å². The minimum absolute atomic E-state index is 0.00377. The zero-order chi connectivity index (χ0) is 21.7. The molecule has 3 rings (SSSR count). The maximum absolute atomic E-state index is 12.4. The van der Waals surface area contributed by atoms with Gasteiger partial charge in [-0.2, -0.15) is 5.10 Å². The summed E-state index contributed by atoms with van der Waals surface area (Å²) in [6.45, 7) is 4.24. The molecular formula is C21H23ClN4O3S. The van der Waals surface area contributed by atoms with Gasteiger partial charge in [-0.1, -0.05) is 29.8 Å². The Bertz CT molecular complexity index is 1140. The molecule has 3 aromatic rings. The van der Waals surface area contributed by atoms with Crippen LogP contribution < -0.4 is 10.0 Å².